The Morgan fingerprint density at radius 2 is 1.54 bits per heavy atom. The van der Waals surface area contributed by atoms with Gasteiger partial charge in [-0.05, 0) is 88.1 Å². The van der Waals surface area contributed by atoms with Gasteiger partial charge < -0.3 is 19.1 Å². The second-order valence-corrected chi connectivity index (χ2v) is 13.2. The number of benzene rings is 3. The molecule has 1 aliphatic heterocycles. The van der Waals surface area contributed by atoms with Crippen LogP contribution in [0.25, 0.3) is 11.1 Å². The molecule has 1 N–H and O–H groups in total. The van der Waals surface area contributed by atoms with Gasteiger partial charge in [0, 0.05) is 28.4 Å². The van der Waals surface area contributed by atoms with E-state index in [0.717, 1.165) is 43.7 Å². The van der Waals surface area contributed by atoms with Crippen LogP contribution in [0.15, 0.2) is 60.7 Å². The number of hydrogen-bond donors (Lipinski definition) is 1. The van der Waals surface area contributed by atoms with Crippen molar-refractivity contribution in [2.75, 3.05) is 28.3 Å². The number of ether oxygens (including phenoxy) is 3. The lowest BCUT2D eigenvalue weighted by molar-refractivity contribution is -0.153. The number of anilines is 2. The van der Waals surface area contributed by atoms with Gasteiger partial charge in [0.05, 0.1) is 19.1 Å². The first-order valence-electron chi connectivity index (χ1n) is 13.7. The number of amides is 1. The average Bonchev–Trinajstić information content (AvgIpc) is 2.86. The maximum absolute atomic E-state index is 12.7. The predicted octanol–water partition coefficient (Wildman–Crippen LogP) is 7.94. The van der Waals surface area contributed by atoms with Gasteiger partial charge in [0.2, 0.25) is 0 Å². The molecule has 41 heavy (non-hydrogen) atoms. The van der Waals surface area contributed by atoms with Crippen LogP contribution in [-0.2, 0) is 20.7 Å². The molecule has 0 radical (unpaired) electrons. The Hall–Kier alpha value is -3.27. The first kappa shape index (κ1) is 30.7. The largest absolute Gasteiger partial charge is 0.493 e. The number of nitrogens with zero attached hydrogens (tertiary/aromatic N) is 1. The third-order valence-corrected chi connectivity index (χ3v) is 6.86. The van der Waals surface area contributed by atoms with Crippen LogP contribution in [0.5, 0.6) is 5.75 Å². The molecule has 218 valence electrons. The molecule has 3 aromatic rings. The van der Waals surface area contributed by atoms with Crippen molar-refractivity contribution in [3.63, 3.8) is 0 Å². The van der Waals surface area contributed by atoms with Gasteiger partial charge >= 0.3 is 12.1 Å². The van der Waals surface area contributed by atoms with Gasteiger partial charge in [0.25, 0.3) is 0 Å². The molecule has 0 aliphatic carbocycles. The Bertz CT molecular complexity index is 1410. The number of nitrogens with one attached hydrogen (secondary N) is 1. The van der Waals surface area contributed by atoms with Gasteiger partial charge in [-0.15, -0.1) is 0 Å². The van der Waals surface area contributed by atoms with Crippen LogP contribution in [0.2, 0.25) is 0 Å². The first-order chi connectivity index (χ1) is 19.2. The number of esters is 1. The molecule has 1 aliphatic rings. The zero-order valence-corrected chi connectivity index (χ0v) is 27.0. The molecule has 0 saturated carbocycles. The third-order valence-electron chi connectivity index (χ3n) is 6.42. The van der Waals surface area contributed by atoms with Gasteiger partial charge in [-0.2, -0.15) is 0 Å². The summed E-state index contributed by atoms with van der Waals surface area (Å²) in [5, 5.41) is 2.87. The second kappa shape index (κ2) is 12.3. The molecule has 0 aromatic heterocycles. The minimum Gasteiger partial charge on any atom is -0.493 e. The third kappa shape index (κ3) is 7.93. The summed E-state index contributed by atoms with van der Waals surface area (Å²) in [6.07, 6.45) is -0.308. The summed E-state index contributed by atoms with van der Waals surface area (Å²) < 4.78 is 17.8. The van der Waals surface area contributed by atoms with E-state index in [1.807, 2.05) is 85.0 Å². The second-order valence-electron chi connectivity index (χ2n) is 12.2. The summed E-state index contributed by atoms with van der Waals surface area (Å²) in [4.78, 5) is 27.3. The average molecular weight is 671 g/mol. The van der Waals surface area contributed by atoms with Crippen LogP contribution < -0.4 is 15.0 Å². The maximum atomic E-state index is 12.7. The molecule has 1 atom stereocenters. The smallest absolute Gasteiger partial charge is 0.412 e. The molecular weight excluding hydrogens is 631 g/mol. The lowest BCUT2D eigenvalue weighted by Gasteiger charge is -2.38. The van der Waals surface area contributed by atoms with E-state index in [0.29, 0.717) is 12.3 Å². The topological polar surface area (TPSA) is 77.1 Å². The van der Waals surface area contributed by atoms with Crippen molar-refractivity contribution in [1.82, 2.24) is 0 Å². The van der Waals surface area contributed by atoms with E-state index in [-0.39, 0.29) is 18.4 Å². The SMILES string of the molecule is CN1c2cc(NC(=O)OC(C)(C)C)ccc2-c2ccc(CC(=O)OC(C)(C)C)cc2C1c1ccc(OCCI)cc1. The number of fused-ring (bicyclic) bond motifs is 3. The monoisotopic (exact) mass is 670 g/mol. The summed E-state index contributed by atoms with van der Waals surface area (Å²) >= 11 is 2.29. The van der Waals surface area contributed by atoms with E-state index in [4.69, 9.17) is 14.2 Å². The minimum atomic E-state index is -0.595. The predicted molar refractivity (Wildman–Crippen MR) is 172 cm³/mol. The summed E-state index contributed by atoms with van der Waals surface area (Å²) in [7, 11) is 2.05. The number of halogens is 1. The molecule has 4 rings (SSSR count). The standard InChI is InChI=1S/C33H39IN2O5/c1-32(2,3)40-29(37)19-21-8-14-25-26-15-11-23(35-31(38)41-33(4,5)6)20-28(26)36(7)30(27(25)18-21)22-9-12-24(13-10-22)39-17-16-34/h8-15,18,20,30H,16-17,19H2,1-7H3,(H,35,38). The lowest BCUT2D eigenvalue weighted by Crippen LogP contribution is -2.30. The van der Waals surface area contributed by atoms with Crippen molar-refractivity contribution in [2.45, 2.75) is 65.2 Å². The van der Waals surface area contributed by atoms with E-state index >= 15 is 0 Å². The molecule has 7 nitrogen and oxygen atoms in total. The van der Waals surface area contributed by atoms with Crippen molar-refractivity contribution in [2.24, 2.45) is 0 Å². The Morgan fingerprint density at radius 3 is 2.17 bits per heavy atom. The Morgan fingerprint density at radius 1 is 0.878 bits per heavy atom. The fourth-order valence-corrected chi connectivity index (χ4v) is 5.16. The van der Waals surface area contributed by atoms with Crippen LogP contribution >= 0.6 is 22.6 Å². The van der Waals surface area contributed by atoms with E-state index < -0.39 is 17.3 Å². The molecule has 0 spiro atoms. The van der Waals surface area contributed by atoms with E-state index in [2.05, 4.69) is 57.1 Å². The molecule has 3 aromatic carbocycles. The molecule has 0 fully saturated rings. The normalized spacial score (nSPS) is 14.5. The van der Waals surface area contributed by atoms with Gasteiger partial charge in [0.1, 0.15) is 17.0 Å². The molecule has 8 heteroatoms. The zero-order valence-electron chi connectivity index (χ0n) is 24.8. The molecule has 0 saturated heterocycles. The van der Waals surface area contributed by atoms with Crippen molar-refractivity contribution in [3.05, 3.63) is 77.4 Å². The van der Waals surface area contributed by atoms with Crippen LogP contribution in [0, 0.1) is 0 Å². The highest BCUT2D eigenvalue weighted by molar-refractivity contribution is 14.1. The Kier molecular flexibility index (Phi) is 9.21. The fraction of sp³-hybridized carbons (Fsp3) is 0.394. The number of rotatable bonds is 7. The van der Waals surface area contributed by atoms with Crippen LogP contribution in [-0.4, -0.2) is 41.3 Å². The summed E-state index contributed by atoms with van der Waals surface area (Å²) in [6.45, 7) is 11.8. The van der Waals surface area contributed by atoms with Gasteiger partial charge in [-0.3, -0.25) is 10.1 Å². The van der Waals surface area contributed by atoms with Crippen LogP contribution in [0.1, 0.15) is 64.3 Å². The molecule has 1 heterocycles. The van der Waals surface area contributed by atoms with Crippen molar-refractivity contribution >= 4 is 46.0 Å². The summed E-state index contributed by atoms with van der Waals surface area (Å²) in [5.41, 5.74) is 5.67. The van der Waals surface area contributed by atoms with Crippen LogP contribution in [0.4, 0.5) is 16.2 Å². The number of hydrogen-bond acceptors (Lipinski definition) is 6. The first-order valence-corrected chi connectivity index (χ1v) is 15.3. The van der Waals surface area contributed by atoms with Crippen molar-refractivity contribution < 1.29 is 23.8 Å². The Labute approximate surface area is 256 Å². The van der Waals surface area contributed by atoms with E-state index in [1.54, 1.807) is 0 Å². The highest BCUT2D eigenvalue weighted by atomic mass is 127. The Balaban J connectivity index is 1.74. The van der Waals surface area contributed by atoms with Gasteiger partial charge in [-0.25, -0.2) is 4.79 Å². The number of carbonyl (C=O) groups is 2. The van der Waals surface area contributed by atoms with Crippen LogP contribution in [0.3, 0.4) is 0 Å². The zero-order chi connectivity index (χ0) is 29.9. The lowest BCUT2D eigenvalue weighted by atomic mass is 9.84. The van der Waals surface area contributed by atoms with Gasteiger partial charge in [0.15, 0.2) is 0 Å². The number of carbonyl (C=O) groups excluding carboxylic acids is 2. The van der Waals surface area contributed by atoms with E-state index in [1.165, 1.54) is 0 Å². The highest BCUT2D eigenvalue weighted by Crippen LogP contribution is 2.47. The quantitative estimate of drug-likeness (QED) is 0.156. The van der Waals surface area contributed by atoms with Gasteiger partial charge in [-0.1, -0.05) is 59.0 Å². The molecule has 1 amide bonds. The molecule has 0 bridgehead atoms. The van der Waals surface area contributed by atoms with Crippen molar-refractivity contribution in [3.8, 4) is 16.9 Å². The van der Waals surface area contributed by atoms with Crippen molar-refractivity contribution in [1.29, 1.82) is 0 Å². The molecular formula is C33H39IN2O5. The fourth-order valence-electron chi connectivity index (χ4n) is 4.94. The summed E-state index contributed by atoms with van der Waals surface area (Å²) in [6, 6.07) is 20.1. The number of alkyl halides is 1. The van der Waals surface area contributed by atoms with E-state index in [9.17, 15) is 9.59 Å². The maximum Gasteiger partial charge on any atom is 0.412 e. The molecule has 1 unspecified atom stereocenters. The summed E-state index contributed by atoms with van der Waals surface area (Å²) in [5.74, 6) is 0.570. The minimum absolute atomic E-state index is 0.133. The highest BCUT2D eigenvalue weighted by Gasteiger charge is 2.31.